The first kappa shape index (κ1) is 17.8. The van der Waals surface area contributed by atoms with Crippen LogP contribution < -0.4 is 0 Å². The van der Waals surface area contributed by atoms with Crippen LogP contribution in [-0.2, 0) is 0 Å². The molecule has 27 heavy (non-hydrogen) atoms. The van der Waals surface area contributed by atoms with Gasteiger partial charge in [0.05, 0.1) is 4.92 Å². The molecule has 0 unspecified atom stereocenters. The highest BCUT2D eigenvalue weighted by molar-refractivity contribution is 6.13. The van der Waals surface area contributed by atoms with Crippen LogP contribution in [0.3, 0.4) is 0 Å². The third-order valence-corrected chi connectivity index (χ3v) is 4.08. The van der Waals surface area contributed by atoms with E-state index in [0.29, 0.717) is 28.2 Å². The lowest BCUT2D eigenvalue weighted by molar-refractivity contribution is -0.385. The van der Waals surface area contributed by atoms with Crippen molar-refractivity contribution in [2.45, 2.75) is 6.92 Å². The van der Waals surface area contributed by atoms with E-state index >= 15 is 0 Å². The second kappa shape index (κ2) is 7.50. The van der Waals surface area contributed by atoms with Crippen molar-refractivity contribution in [3.8, 4) is 17.4 Å². The van der Waals surface area contributed by atoms with Gasteiger partial charge in [-0.05, 0) is 19.1 Å². The third kappa shape index (κ3) is 3.67. The number of nitriles is 1. The van der Waals surface area contributed by atoms with E-state index in [4.69, 9.17) is 4.42 Å². The van der Waals surface area contributed by atoms with Crippen molar-refractivity contribution in [1.29, 1.82) is 5.26 Å². The highest BCUT2D eigenvalue weighted by Crippen LogP contribution is 2.31. The molecule has 0 N–H and O–H groups in total. The Morgan fingerprint density at radius 3 is 2.52 bits per heavy atom. The molecule has 0 radical (unpaired) electrons. The van der Waals surface area contributed by atoms with Crippen LogP contribution in [-0.4, -0.2) is 10.7 Å². The molecule has 0 fully saturated rings. The Hall–Kier alpha value is -3.98. The Bertz CT molecular complexity index is 1090. The van der Waals surface area contributed by atoms with Crippen molar-refractivity contribution in [3.05, 3.63) is 93.2 Å². The highest BCUT2D eigenvalue weighted by atomic mass is 16.6. The second-order valence-corrected chi connectivity index (χ2v) is 5.77. The largest absolute Gasteiger partial charge is 0.457 e. The molecule has 3 rings (SSSR count). The van der Waals surface area contributed by atoms with Gasteiger partial charge in [0, 0.05) is 28.8 Å². The molecule has 0 bridgehead atoms. The maximum Gasteiger partial charge on any atom is 0.273 e. The Balaban J connectivity index is 1.95. The summed E-state index contributed by atoms with van der Waals surface area (Å²) in [5.41, 5.74) is 1.41. The van der Waals surface area contributed by atoms with E-state index in [9.17, 15) is 20.2 Å². The smallest absolute Gasteiger partial charge is 0.273 e. The van der Waals surface area contributed by atoms with Gasteiger partial charge in [-0.25, -0.2) is 0 Å². The molecule has 0 spiro atoms. The zero-order valence-electron chi connectivity index (χ0n) is 14.4. The predicted octanol–water partition coefficient (Wildman–Crippen LogP) is 4.95. The normalized spacial score (nSPS) is 11.0. The molecule has 0 saturated carbocycles. The van der Waals surface area contributed by atoms with Crippen molar-refractivity contribution in [3.63, 3.8) is 0 Å². The van der Waals surface area contributed by atoms with Gasteiger partial charge in [0.15, 0.2) is 0 Å². The minimum absolute atomic E-state index is 0.00189. The first-order valence-electron chi connectivity index (χ1n) is 8.07. The molecule has 0 aliphatic heterocycles. The minimum atomic E-state index is -0.450. The molecule has 0 amide bonds. The summed E-state index contributed by atoms with van der Waals surface area (Å²) in [6.07, 6.45) is 1.37. The number of hydrogen-bond acceptors (Lipinski definition) is 5. The quantitative estimate of drug-likeness (QED) is 0.211. The molecule has 0 saturated heterocycles. The van der Waals surface area contributed by atoms with Crippen LogP contribution in [0.5, 0.6) is 0 Å². The molecule has 0 aliphatic carbocycles. The summed E-state index contributed by atoms with van der Waals surface area (Å²) in [6, 6.07) is 18.4. The minimum Gasteiger partial charge on any atom is -0.457 e. The molecule has 132 valence electrons. The summed E-state index contributed by atoms with van der Waals surface area (Å²) >= 11 is 0. The SMILES string of the molecule is Cc1c(-c2ccc(C=C(C#N)C(=O)c3ccccc3)o2)cccc1[N+](=O)[O-]. The first-order valence-corrected chi connectivity index (χ1v) is 8.07. The van der Waals surface area contributed by atoms with Crippen molar-refractivity contribution in [2.75, 3.05) is 0 Å². The van der Waals surface area contributed by atoms with Gasteiger partial charge in [-0.3, -0.25) is 14.9 Å². The molecule has 0 aliphatic rings. The zero-order chi connectivity index (χ0) is 19.4. The molecule has 0 atom stereocenters. The van der Waals surface area contributed by atoms with Gasteiger partial charge < -0.3 is 4.42 Å². The number of carbonyl (C=O) groups excluding carboxylic acids is 1. The number of furan rings is 1. The van der Waals surface area contributed by atoms with Crippen molar-refractivity contribution in [2.24, 2.45) is 0 Å². The molecule has 3 aromatic rings. The molecule has 6 heteroatoms. The van der Waals surface area contributed by atoms with E-state index in [-0.39, 0.29) is 11.3 Å². The predicted molar refractivity (Wildman–Crippen MR) is 99.9 cm³/mol. The fourth-order valence-corrected chi connectivity index (χ4v) is 2.70. The molecule has 1 heterocycles. The van der Waals surface area contributed by atoms with E-state index in [1.165, 1.54) is 12.1 Å². The van der Waals surface area contributed by atoms with E-state index in [1.807, 2.05) is 6.07 Å². The van der Waals surface area contributed by atoms with Crippen LogP contribution in [0, 0.1) is 28.4 Å². The van der Waals surface area contributed by atoms with Gasteiger partial charge in [0.2, 0.25) is 5.78 Å². The number of benzene rings is 2. The van der Waals surface area contributed by atoms with Gasteiger partial charge in [-0.2, -0.15) is 5.26 Å². The Morgan fingerprint density at radius 1 is 1.11 bits per heavy atom. The fraction of sp³-hybridized carbons (Fsp3) is 0.0476. The maximum absolute atomic E-state index is 12.4. The summed E-state index contributed by atoms with van der Waals surface area (Å²) in [4.78, 5) is 23.1. The monoisotopic (exact) mass is 358 g/mol. The van der Waals surface area contributed by atoms with Crippen LogP contribution in [0.1, 0.15) is 21.7 Å². The summed E-state index contributed by atoms with van der Waals surface area (Å²) < 4.78 is 5.70. The molecular weight excluding hydrogens is 344 g/mol. The Morgan fingerprint density at radius 2 is 1.85 bits per heavy atom. The van der Waals surface area contributed by atoms with Crippen LogP contribution in [0.15, 0.2) is 70.7 Å². The zero-order valence-corrected chi connectivity index (χ0v) is 14.4. The average Bonchev–Trinajstić information content (AvgIpc) is 3.14. The number of hydrogen-bond donors (Lipinski definition) is 0. The van der Waals surface area contributed by atoms with Gasteiger partial charge >= 0.3 is 0 Å². The number of nitro groups is 1. The van der Waals surface area contributed by atoms with E-state index in [1.54, 1.807) is 61.5 Å². The van der Waals surface area contributed by atoms with E-state index < -0.39 is 10.7 Å². The average molecular weight is 358 g/mol. The molecule has 2 aromatic carbocycles. The lowest BCUT2D eigenvalue weighted by Gasteiger charge is -2.03. The van der Waals surface area contributed by atoms with Gasteiger partial charge in [0.1, 0.15) is 23.2 Å². The van der Waals surface area contributed by atoms with Crippen molar-refractivity contribution >= 4 is 17.5 Å². The Kier molecular flexibility index (Phi) is 4.95. The van der Waals surface area contributed by atoms with Gasteiger partial charge in [-0.15, -0.1) is 0 Å². The summed E-state index contributed by atoms with van der Waals surface area (Å²) in [6.45, 7) is 1.64. The molecular formula is C21H14N2O4. The number of ketones is 1. The number of carbonyl (C=O) groups is 1. The summed E-state index contributed by atoms with van der Waals surface area (Å²) in [5, 5.41) is 20.4. The summed E-state index contributed by atoms with van der Waals surface area (Å²) in [5.74, 6) is 0.339. The van der Waals surface area contributed by atoms with Crippen LogP contribution in [0.4, 0.5) is 5.69 Å². The fourth-order valence-electron chi connectivity index (χ4n) is 2.70. The second-order valence-electron chi connectivity index (χ2n) is 5.77. The van der Waals surface area contributed by atoms with Crippen LogP contribution in [0.2, 0.25) is 0 Å². The highest BCUT2D eigenvalue weighted by Gasteiger charge is 2.17. The number of nitrogens with zero attached hydrogens (tertiary/aromatic N) is 2. The van der Waals surface area contributed by atoms with Crippen molar-refractivity contribution in [1.82, 2.24) is 0 Å². The molecule has 1 aromatic heterocycles. The lowest BCUT2D eigenvalue weighted by Crippen LogP contribution is -2.01. The number of rotatable bonds is 5. The number of nitro benzene ring substituents is 1. The van der Waals surface area contributed by atoms with E-state index in [0.717, 1.165) is 0 Å². The maximum atomic E-state index is 12.4. The number of Topliss-reactive ketones (excluding diaryl/α,β-unsaturated/α-hetero) is 1. The van der Waals surface area contributed by atoms with Crippen LogP contribution in [0.25, 0.3) is 17.4 Å². The summed E-state index contributed by atoms with van der Waals surface area (Å²) in [7, 11) is 0. The topological polar surface area (TPSA) is 97.1 Å². The Labute approximate surface area is 155 Å². The van der Waals surface area contributed by atoms with Crippen molar-refractivity contribution < 1.29 is 14.1 Å². The third-order valence-electron chi connectivity index (χ3n) is 4.08. The van der Waals surface area contributed by atoms with Gasteiger partial charge in [0.25, 0.3) is 5.69 Å². The number of allylic oxidation sites excluding steroid dienone is 1. The lowest BCUT2D eigenvalue weighted by atomic mass is 10.0. The van der Waals surface area contributed by atoms with Crippen LogP contribution >= 0.6 is 0 Å². The van der Waals surface area contributed by atoms with Gasteiger partial charge in [-0.1, -0.05) is 42.5 Å². The molecule has 6 nitrogen and oxygen atoms in total. The van der Waals surface area contributed by atoms with E-state index in [2.05, 4.69) is 0 Å². The first-order chi connectivity index (χ1) is 13.0. The standard InChI is InChI=1S/C21H14N2O4/c1-14-18(8-5-9-19(14)23(25)26)20-11-10-17(27-20)12-16(13-22)21(24)15-6-3-2-4-7-15/h2-12H,1H3.